The molecular weight excluding hydrogens is 364 g/mol. The van der Waals surface area contributed by atoms with Gasteiger partial charge in [-0.25, -0.2) is 0 Å². The summed E-state index contributed by atoms with van der Waals surface area (Å²) in [4.78, 5) is 21.4. The summed E-state index contributed by atoms with van der Waals surface area (Å²) in [5, 5.41) is 10.6. The van der Waals surface area contributed by atoms with Crippen LogP contribution < -0.4 is 10.3 Å². The zero-order valence-corrected chi connectivity index (χ0v) is 16.8. The Balaban J connectivity index is 2.26. The number of aromatic hydroxyl groups is 1. The molecule has 0 spiro atoms. The van der Waals surface area contributed by atoms with Crippen LogP contribution in [0.3, 0.4) is 0 Å². The Hall–Kier alpha value is -2.45. The zero-order valence-electron chi connectivity index (χ0n) is 15.9. The summed E-state index contributed by atoms with van der Waals surface area (Å²) < 4.78 is 6.70. The molecule has 0 saturated heterocycles. The van der Waals surface area contributed by atoms with Gasteiger partial charge < -0.3 is 14.7 Å². The SMILES string of the molecule is CCN(CC)CCCN=Cc1c(O)n(-c2cccc(OC)c2)c(=S)[nH]c1=O. The van der Waals surface area contributed by atoms with Crippen LogP contribution in [-0.2, 0) is 0 Å². The maximum atomic E-state index is 12.2. The fourth-order valence-electron chi connectivity index (χ4n) is 2.73. The lowest BCUT2D eigenvalue weighted by Crippen LogP contribution is -2.24. The largest absolute Gasteiger partial charge is 0.497 e. The van der Waals surface area contributed by atoms with Crippen molar-refractivity contribution >= 4 is 18.4 Å². The fraction of sp³-hybridized carbons (Fsp3) is 0.421. The second kappa shape index (κ2) is 10.0. The highest BCUT2D eigenvalue weighted by molar-refractivity contribution is 7.71. The van der Waals surface area contributed by atoms with Crippen LogP contribution in [0.2, 0.25) is 0 Å². The standard InChI is InChI=1S/C19H26N4O3S/c1-4-22(5-2)11-7-10-20-13-16-17(24)21-19(27)23(18(16)25)14-8-6-9-15(12-14)26-3/h6,8-9,12-13,25H,4-5,7,10-11H2,1-3H3,(H,21,24,27). The Morgan fingerprint density at radius 2 is 2.11 bits per heavy atom. The van der Waals surface area contributed by atoms with Crippen molar-refractivity contribution < 1.29 is 9.84 Å². The number of H-pyrrole nitrogens is 1. The summed E-state index contributed by atoms with van der Waals surface area (Å²) in [6.07, 6.45) is 2.29. The maximum absolute atomic E-state index is 12.2. The first-order chi connectivity index (χ1) is 13.0. The van der Waals surface area contributed by atoms with Gasteiger partial charge in [-0.15, -0.1) is 0 Å². The molecule has 0 unspecified atom stereocenters. The van der Waals surface area contributed by atoms with Gasteiger partial charge in [0, 0.05) is 18.8 Å². The summed E-state index contributed by atoms with van der Waals surface area (Å²) in [6, 6.07) is 7.05. The first-order valence-electron chi connectivity index (χ1n) is 8.96. The molecule has 0 aliphatic heterocycles. The van der Waals surface area contributed by atoms with Gasteiger partial charge >= 0.3 is 0 Å². The van der Waals surface area contributed by atoms with E-state index in [1.807, 2.05) is 0 Å². The van der Waals surface area contributed by atoms with E-state index in [9.17, 15) is 9.90 Å². The smallest absolute Gasteiger partial charge is 0.264 e. The maximum Gasteiger partial charge on any atom is 0.264 e. The van der Waals surface area contributed by atoms with Crippen LogP contribution in [0.1, 0.15) is 25.8 Å². The lowest BCUT2D eigenvalue weighted by Gasteiger charge is -2.16. The van der Waals surface area contributed by atoms with Gasteiger partial charge in [0.15, 0.2) is 4.77 Å². The van der Waals surface area contributed by atoms with Crippen LogP contribution in [0.15, 0.2) is 34.1 Å². The molecule has 0 bridgehead atoms. The van der Waals surface area contributed by atoms with Gasteiger partial charge in [0.2, 0.25) is 5.88 Å². The molecule has 1 aromatic heterocycles. The number of rotatable bonds is 9. The van der Waals surface area contributed by atoms with Gasteiger partial charge in [0.05, 0.1) is 12.8 Å². The fourth-order valence-corrected chi connectivity index (χ4v) is 3.01. The highest BCUT2D eigenvalue weighted by Crippen LogP contribution is 2.22. The molecule has 7 nitrogen and oxygen atoms in total. The second-order valence-corrected chi connectivity index (χ2v) is 6.34. The number of benzene rings is 1. The average Bonchev–Trinajstić information content (AvgIpc) is 2.66. The number of aromatic amines is 1. The molecule has 2 aromatic rings. The van der Waals surface area contributed by atoms with Crippen LogP contribution in [-0.4, -0.2) is 59.1 Å². The molecule has 0 saturated carbocycles. The minimum atomic E-state index is -0.468. The summed E-state index contributed by atoms with van der Waals surface area (Å²) in [6.45, 7) is 7.77. The number of ether oxygens (including phenoxy) is 1. The van der Waals surface area contributed by atoms with Gasteiger partial charge in [-0.2, -0.15) is 0 Å². The first kappa shape index (κ1) is 20.9. The summed E-state index contributed by atoms with van der Waals surface area (Å²) in [7, 11) is 1.56. The molecule has 0 atom stereocenters. The Morgan fingerprint density at radius 1 is 1.37 bits per heavy atom. The van der Waals surface area contributed by atoms with Crippen molar-refractivity contribution in [3.8, 4) is 17.3 Å². The predicted octanol–water partition coefficient (Wildman–Crippen LogP) is 2.76. The van der Waals surface area contributed by atoms with E-state index in [1.54, 1.807) is 31.4 Å². The Bertz CT molecular complexity index is 901. The lowest BCUT2D eigenvalue weighted by atomic mass is 10.2. The third kappa shape index (κ3) is 5.27. The molecule has 2 rings (SSSR count). The van der Waals surface area contributed by atoms with Gasteiger partial charge in [-0.1, -0.05) is 19.9 Å². The van der Waals surface area contributed by atoms with E-state index in [4.69, 9.17) is 17.0 Å². The Kier molecular flexibility index (Phi) is 7.75. The summed E-state index contributed by atoms with van der Waals surface area (Å²) >= 11 is 5.21. The summed E-state index contributed by atoms with van der Waals surface area (Å²) in [5.74, 6) is 0.371. The van der Waals surface area contributed by atoms with Gasteiger partial charge in [-0.05, 0) is 50.4 Å². The van der Waals surface area contributed by atoms with Crippen molar-refractivity contribution in [3.63, 3.8) is 0 Å². The highest BCUT2D eigenvalue weighted by Gasteiger charge is 2.13. The number of aliphatic imine (C=N–C) groups is 1. The topological polar surface area (TPSA) is 82.8 Å². The van der Waals surface area contributed by atoms with Crippen LogP contribution in [0.25, 0.3) is 5.69 Å². The molecule has 27 heavy (non-hydrogen) atoms. The normalized spacial score (nSPS) is 11.4. The van der Waals surface area contributed by atoms with Crippen molar-refractivity contribution in [1.82, 2.24) is 14.5 Å². The van der Waals surface area contributed by atoms with Gasteiger partial charge in [0.25, 0.3) is 5.56 Å². The molecule has 1 aromatic carbocycles. The third-order valence-corrected chi connectivity index (χ3v) is 4.59. The van der Waals surface area contributed by atoms with Crippen molar-refractivity contribution in [2.75, 3.05) is 33.3 Å². The molecule has 1 heterocycles. The molecule has 2 N–H and O–H groups in total. The highest BCUT2D eigenvalue weighted by atomic mass is 32.1. The van der Waals surface area contributed by atoms with Crippen molar-refractivity contribution in [1.29, 1.82) is 0 Å². The van der Waals surface area contributed by atoms with Crippen LogP contribution >= 0.6 is 12.2 Å². The van der Waals surface area contributed by atoms with E-state index in [0.29, 0.717) is 18.0 Å². The molecule has 0 aliphatic carbocycles. The predicted molar refractivity (Wildman–Crippen MR) is 110 cm³/mol. The van der Waals surface area contributed by atoms with E-state index >= 15 is 0 Å². The molecule has 0 radical (unpaired) electrons. The van der Waals surface area contributed by atoms with E-state index in [0.717, 1.165) is 26.1 Å². The van der Waals surface area contributed by atoms with E-state index in [-0.39, 0.29) is 16.2 Å². The van der Waals surface area contributed by atoms with Crippen LogP contribution in [0.4, 0.5) is 0 Å². The third-order valence-electron chi connectivity index (χ3n) is 4.31. The van der Waals surface area contributed by atoms with Gasteiger partial charge in [0.1, 0.15) is 11.3 Å². The van der Waals surface area contributed by atoms with Crippen molar-refractivity contribution in [2.24, 2.45) is 4.99 Å². The number of nitrogens with one attached hydrogen (secondary N) is 1. The number of hydrogen-bond acceptors (Lipinski definition) is 6. The Morgan fingerprint density at radius 3 is 2.78 bits per heavy atom. The van der Waals surface area contributed by atoms with Crippen LogP contribution in [0.5, 0.6) is 11.6 Å². The second-order valence-electron chi connectivity index (χ2n) is 5.95. The first-order valence-corrected chi connectivity index (χ1v) is 9.37. The lowest BCUT2D eigenvalue weighted by molar-refractivity contribution is 0.302. The number of nitrogens with zero attached hydrogens (tertiary/aromatic N) is 3. The van der Waals surface area contributed by atoms with Crippen molar-refractivity contribution in [3.05, 3.63) is 45.0 Å². The quantitative estimate of drug-likeness (QED) is 0.391. The number of hydrogen-bond donors (Lipinski definition) is 2. The van der Waals surface area contributed by atoms with Crippen molar-refractivity contribution in [2.45, 2.75) is 20.3 Å². The minimum absolute atomic E-state index is 0.0780. The zero-order chi connectivity index (χ0) is 19.8. The monoisotopic (exact) mass is 390 g/mol. The van der Waals surface area contributed by atoms with E-state index in [2.05, 4.69) is 28.7 Å². The molecule has 0 fully saturated rings. The Labute approximate surface area is 164 Å². The molecule has 0 amide bonds. The van der Waals surface area contributed by atoms with Gasteiger partial charge in [-0.3, -0.25) is 19.3 Å². The summed E-state index contributed by atoms with van der Waals surface area (Å²) in [5.41, 5.74) is 0.197. The molecule has 0 aliphatic rings. The van der Waals surface area contributed by atoms with E-state index < -0.39 is 5.56 Å². The number of aromatic nitrogens is 2. The minimum Gasteiger partial charge on any atom is -0.497 e. The molecule has 8 heteroatoms. The number of methoxy groups -OCH3 is 1. The average molecular weight is 391 g/mol. The van der Waals surface area contributed by atoms with Crippen LogP contribution in [0, 0.1) is 4.77 Å². The van der Waals surface area contributed by atoms with E-state index in [1.165, 1.54) is 10.8 Å². The molecular formula is C19H26N4O3S. The molecule has 146 valence electrons.